The summed E-state index contributed by atoms with van der Waals surface area (Å²) in [5, 5.41) is 3.23. The molecular formula is C14H17BrN2O2. The van der Waals surface area contributed by atoms with E-state index in [0.717, 1.165) is 34.1 Å². The number of oxazole rings is 1. The second-order valence-electron chi connectivity index (χ2n) is 4.23. The Morgan fingerprint density at radius 3 is 2.63 bits per heavy atom. The first kappa shape index (κ1) is 14.1. The summed E-state index contributed by atoms with van der Waals surface area (Å²) in [4.78, 5) is 4.30. The average Bonchev–Trinajstić information content (AvgIpc) is 2.71. The molecule has 0 aliphatic rings. The Hall–Kier alpha value is -1.33. The van der Waals surface area contributed by atoms with Crippen LogP contribution in [0.25, 0.3) is 0 Å². The normalized spacial score (nSPS) is 10.7. The van der Waals surface area contributed by atoms with E-state index in [1.165, 1.54) is 0 Å². The van der Waals surface area contributed by atoms with Crippen molar-refractivity contribution < 1.29 is 9.15 Å². The van der Waals surface area contributed by atoms with E-state index < -0.39 is 0 Å². The number of aryl methyl sites for hydroxylation is 2. The van der Waals surface area contributed by atoms with Crippen molar-refractivity contribution in [3.8, 4) is 5.75 Å². The maximum Gasteiger partial charge on any atom is 0.208 e. The fourth-order valence-electron chi connectivity index (χ4n) is 1.58. The van der Waals surface area contributed by atoms with Crippen LogP contribution >= 0.6 is 15.9 Å². The molecular weight excluding hydrogens is 308 g/mol. The third-order valence-electron chi connectivity index (χ3n) is 2.71. The van der Waals surface area contributed by atoms with Crippen LogP contribution < -0.4 is 10.1 Å². The van der Waals surface area contributed by atoms with Crippen molar-refractivity contribution >= 4 is 15.9 Å². The van der Waals surface area contributed by atoms with E-state index >= 15 is 0 Å². The molecule has 102 valence electrons. The van der Waals surface area contributed by atoms with E-state index in [1.807, 2.05) is 38.1 Å². The number of ether oxygens (including phenoxy) is 1. The molecule has 5 heteroatoms. The summed E-state index contributed by atoms with van der Waals surface area (Å²) in [6, 6.07) is 7.79. The van der Waals surface area contributed by atoms with Crippen LogP contribution in [-0.2, 0) is 6.54 Å². The third kappa shape index (κ3) is 4.36. The number of nitrogens with zero attached hydrogens (tertiary/aromatic N) is 1. The Kier molecular flexibility index (Phi) is 4.99. The fourth-order valence-corrected chi connectivity index (χ4v) is 1.85. The van der Waals surface area contributed by atoms with Crippen LogP contribution in [0.15, 0.2) is 33.2 Å². The lowest BCUT2D eigenvalue weighted by atomic mass is 10.3. The number of halogens is 1. The molecule has 0 fully saturated rings. The molecule has 0 aliphatic carbocycles. The van der Waals surface area contributed by atoms with Crippen molar-refractivity contribution in [2.45, 2.75) is 20.4 Å². The maximum absolute atomic E-state index is 5.59. The lowest BCUT2D eigenvalue weighted by Gasteiger charge is -2.06. The Bertz CT molecular complexity index is 503. The van der Waals surface area contributed by atoms with E-state index in [2.05, 4.69) is 26.2 Å². The first-order valence-electron chi connectivity index (χ1n) is 6.17. The minimum atomic E-state index is 0.611. The molecule has 0 saturated heterocycles. The third-order valence-corrected chi connectivity index (χ3v) is 3.24. The lowest BCUT2D eigenvalue weighted by Crippen LogP contribution is -2.20. The number of hydrogen-bond donors (Lipinski definition) is 1. The minimum absolute atomic E-state index is 0.611. The molecule has 0 saturated carbocycles. The first-order chi connectivity index (χ1) is 9.15. The predicted molar refractivity (Wildman–Crippen MR) is 77.3 cm³/mol. The Balaban J connectivity index is 1.66. The second kappa shape index (κ2) is 6.73. The molecule has 0 amide bonds. The summed E-state index contributed by atoms with van der Waals surface area (Å²) < 4.78 is 12.1. The van der Waals surface area contributed by atoms with Crippen molar-refractivity contribution in [2.75, 3.05) is 13.2 Å². The van der Waals surface area contributed by atoms with Crippen molar-refractivity contribution in [1.82, 2.24) is 10.3 Å². The molecule has 0 bridgehead atoms. The van der Waals surface area contributed by atoms with E-state index in [9.17, 15) is 0 Å². The SMILES string of the molecule is Cc1nc(CNCCOc2ccc(Br)cc2)oc1C. The molecule has 4 nitrogen and oxygen atoms in total. The highest BCUT2D eigenvalue weighted by molar-refractivity contribution is 9.10. The minimum Gasteiger partial charge on any atom is -0.492 e. The van der Waals surface area contributed by atoms with Gasteiger partial charge in [-0.1, -0.05) is 15.9 Å². The molecule has 0 spiro atoms. The number of hydrogen-bond acceptors (Lipinski definition) is 4. The molecule has 1 heterocycles. The zero-order chi connectivity index (χ0) is 13.7. The Morgan fingerprint density at radius 1 is 1.26 bits per heavy atom. The van der Waals surface area contributed by atoms with Gasteiger partial charge in [0.25, 0.3) is 0 Å². The highest BCUT2D eigenvalue weighted by atomic mass is 79.9. The zero-order valence-electron chi connectivity index (χ0n) is 11.1. The standard InChI is InChI=1S/C14H17BrN2O2/c1-10-11(2)19-14(17-10)9-16-7-8-18-13-5-3-12(15)4-6-13/h3-6,16H,7-9H2,1-2H3. The quantitative estimate of drug-likeness (QED) is 0.829. The van der Waals surface area contributed by atoms with Gasteiger partial charge in [0.05, 0.1) is 12.2 Å². The summed E-state index contributed by atoms with van der Waals surface area (Å²) in [5.74, 6) is 2.47. The van der Waals surface area contributed by atoms with Gasteiger partial charge in [-0.3, -0.25) is 0 Å². The van der Waals surface area contributed by atoms with Gasteiger partial charge in [0.15, 0.2) is 0 Å². The summed E-state index contributed by atoms with van der Waals surface area (Å²) >= 11 is 3.39. The van der Waals surface area contributed by atoms with Gasteiger partial charge < -0.3 is 14.5 Å². The smallest absolute Gasteiger partial charge is 0.208 e. The Labute approximate surface area is 121 Å². The van der Waals surface area contributed by atoms with Crippen molar-refractivity contribution in [2.24, 2.45) is 0 Å². The average molecular weight is 325 g/mol. The van der Waals surface area contributed by atoms with E-state index in [4.69, 9.17) is 9.15 Å². The molecule has 0 atom stereocenters. The lowest BCUT2D eigenvalue weighted by molar-refractivity contribution is 0.310. The molecule has 0 radical (unpaired) electrons. The predicted octanol–water partition coefficient (Wildman–Crippen LogP) is 3.22. The molecule has 1 aromatic carbocycles. The van der Waals surface area contributed by atoms with Crippen molar-refractivity contribution in [1.29, 1.82) is 0 Å². The largest absolute Gasteiger partial charge is 0.492 e. The van der Waals surface area contributed by atoms with Gasteiger partial charge in [0.1, 0.15) is 18.1 Å². The zero-order valence-corrected chi connectivity index (χ0v) is 12.7. The monoisotopic (exact) mass is 324 g/mol. The topological polar surface area (TPSA) is 47.3 Å². The number of benzene rings is 1. The highest BCUT2D eigenvalue weighted by Crippen LogP contribution is 2.15. The number of aromatic nitrogens is 1. The molecule has 2 aromatic rings. The number of rotatable bonds is 6. The molecule has 1 aromatic heterocycles. The molecule has 1 N–H and O–H groups in total. The van der Waals surface area contributed by atoms with Crippen LogP contribution in [0.3, 0.4) is 0 Å². The van der Waals surface area contributed by atoms with Crippen LogP contribution in [0.2, 0.25) is 0 Å². The van der Waals surface area contributed by atoms with Crippen LogP contribution in [0, 0.1) is 13.8 Å². The second-order valence-corrected chi connectivity index (χ2v) is 5.14. The summed E-state index contributed by atoms with van der Waals surface area (Å²) in [5.41, 5.74) is 0.947. The summed E-state index contributed by atoms with van der Waals surface area (Å²) in [6.45, 7) is 5.84. The molecule has 2 rings (SSSR count). The maximum atomic E-state index is 5.59. The van der Waals surface area contributed by atoms with Gasteiger partial charge in [-0.2, -0.15) is 0 Å². The first-order valence-corrected chi connectivity index (χ1v) is 6.96. The van der Waals surface area contributed by atoms with Crippen LogP contribution in [0.5, 0.6) is 5.75 Å². The number of nitrogens with one attached hydrogen (secondary N) is 1. The Morgan fingerprint density at radius 2 is 2.00 bits per heavy atom. The summed E-state index contributed by atoms with van der Waals surface area (Å²) in [7, 11) is 0. The van der Waals surface area contributed by atoms with Crippen molar-refractivity contribution in [3.05, 3.63) is 46.1 Å². The van der Waals surface area contributed by atoms with Crippen LogP contribution in [0.4, 0.5) is 0 Å². The van der Waals surface area contributed by atoms with Gasteiger partial charge in [-0.25, -0.2) is 4.98 Å². The van der Waals surface area contributed by atoms with Crippen LogP contribution in [0.1, 0.15) is 17.3 Å². The van der Waals surface area contributed by atoms with Crippen LogP contribution in [-0.4, -0.2) is 18.1 Å². The highest BCUT2D eigenvalue weighted by Gasteiger charge is 2.04. The fraction of sp³-hybridized carbons (Fsp3) is 0.357. The van der Waals surface area contributed by atoms with Crippen molar-refractivity contribution in [3.63, 3.8) is 0 Å². The molecule has 0 unspecified atom stereocenters. The van der Waals surface area contributed by atoms with Gasteiger partial charge in [-0.05, 0) is 38.1 Å². The molecule has 19 heavy (non-hydrogen) atoms. The van der Waals surface area contributed by atoms with Gasteiger partial charge in [-0.15, -0.1) is 0 Å². The van der Waals surface area contributed by atoms with Gasteiger partial charge in [0, 0.05) is 11.0 Å². The van der Waals surface area contributed by atoms with Gasteiger partial charge in [0.2, 0.25) is 5.89 Å². The van der Waals surface area contributed by atoms with E-state index in [0.29, 0.717) is 13.2 Å². The van der Waals surface area contributed by atoms with E-state index in [-0.39, 0.29) is 0 Å². The molecule has 0 aliphatic heterocycles. The van der Waals surface area contributed by atoms with E-state index in [1.54, 1.807) is 0 Å². The van der Waals surface area contributed by atoms with Gasteiger partial charge >= 0.3 is 0 Å². The summed E-state index contributed by atoms with van der Waals surface area (Å²) in [6.07, 6.45) is 0.